The molecule has 0 saturated heterocycles. The van der Waals surface area contributed by atoms with Crippen molar-refractivity contribution in [1.29, 1.82) is 0 Å². The summed E-state index contributed by atoms with van der Waals surface area (Å²) in [5, 5.41) is 4.19. The zero-order valence-electron chi connectivity index (χ0n) is 12.3. The van der Waals surface area contributed by atoms with E-state index in [1.807, 2.05) is 32.4 Å². The van der Waals surface area contributed by atoms with Crippen LogP contribution in [-0.2, 0) is 11.2 Å². The lowest BCUT2D eigenvalue weighted by molar-refractivity contribution is -0.121. The summed E-state index contributed by atoms with van der Waals surface area (Å²) in [5.74, 6) is 0.133. The minimum absolute atomic E-state index is 0.133. The first-order valence-corrected chi connectivity index (χ1v) is 7.13. The normalized spacial score (nSPS) is 11.2. The van der Waals surface area contributed by atoms with Crippen LogP contribution in [0.2, 0.25) is 0 Å². The third-order valence-electron chi connectivity index (χ3n) is 3.40. The van der Waals surface area contributed by atoms with E-state index in [4.69, 9.17) is 0 Å². The number of rotatable bonds is 7. The van der Waals surface area contributed by atoms with Crippen LogP contribution < -0.4 is 5.32 Å². The van der Waals surface area contributed by atoms with Crippen LogP contribution in [0.15, 0.2) is 30.5 Å². The third-order valence-corrected chi connectivity index (χ3v) is 3.40. The van der Waals surface area contributed by atoms with E-state index >= 15 is 0 Å². The number of hydrogen-bond acceptors (Lipinski definition) is 2. The van der Waals surface area contributed by atoms with Gasteiger partial charge in [-0.1, -0.05) is 18.2 Å². The molecule has 4 nitrogen and oxygen atoms in total. The van der Waals surface area contributed by atoms with Gasteiger partial charge in [-0.05, 0) is 45.1 Å². The summed E-state index contributed by atoms with van der Waals surface area (Å²) in [6, 6.07) is 8.19. The number of nitrogens with zero attached hydrogens (tertiary/aromatic N) is 1. The first-order chi connectivity index (χ1) is 9.66. The van der Waals surface area contributed by atoms with Gasteiger partial charge in [0.05, 0.1) is 0 Å². The van der Waals surface area contributed by atoms with Gasteiger partial charge in [0.25, 0.3) is 0 Å². The Kier molecular flexibility index (Phi) is 5.18. The van der Waals surface area contributed by atoms with Crippen LogP contribution >= 0.6 is 0 Å². The van der Waals surface area contributed by atoms with Crippen molar-refractivity contribution < 1.29 is 4.79 Å². The Morgan fingerprint density at radius 2 is 2.10 bits per heavy atom. The van der Waals surface area contributed by atoms with Gasteiger partial charge in [0.15, 0.2) is 0 Å². The summed E-state index contributed by atoms with van der Waals surface area (Å²) >= 11 is 0. The number of hydrogen-bond donors (Lipinski definition) is 2. The predicted octanol–water partition coefficient (Wildman–Crippen LogP) is 2.17. The van der Waals surface area contributed by atoms with Gasteiger partial charge in [0, 0.05) is 30.1 Å². The van der Waals surface area contributed by atoms with Crippen LogP contribution in [0, 0.1) is 0 Å². The molecule has 0 aliphatic rings. The van der Waals surface area contributed by atoms with Crippen LogP contribution in [0.4, 0.5) is 0 Å². The number of nitrogens with one attached hydrogen (secondary N) is 2. The Morgan fingerprint density at radius 3 is 2.90 bits per heavy atom. The molecule has 0 bridgehead atoms. The van der Waals surface area contributed by atoms with Crippen molar-refractivity contribution in [2.75, 3.05) is 27.2 Å². The van der Waals surface area contributed by atoms with E-state index in [0.29, 0.717) is 6.42 Å². The highest BCUT2D eigenvalue weighted by Crippen LogP contribution is 2.18. The van der Waals surface area contributed by atoms with Crippen LogP contribution in [0.1, 0.15) is 18.4 Å². The summed E-state index contributed by atoms with van der Waals surface area (Å²) in [4.78, 5) is 17.1. The summed E-state index contributed by atoms with van der Waals surface area (Å²) < 4.78 is 0. The number of benzene rings is 1. The van der Waals surface area contributed by atoms with E-state index in [-0.39, 0.29) is 5.91 Å². The maximum atomic E-state index is 11.8. The van der Waals surface area contributed by atoms with Crippen molar-refractivity contribution in [3.63, 3.8) is 0 Å². The first kappa shape index (κ1) is 14.6. The molecule has 0 radical (unpaired) electrons. The predicted molar refractivity (Wildman–Crippen MR) is 82.8 cm³/mol. The number of fused-ring (bicyclic) bond motifs is 1. The Bertz CT molecular complexity index is 560. The van der Waals surface area contributed by atoms with E-state index in [2.05, 4.69) is 27.3 Å². The van der Waals surface area contributed by atoms with Crippen LogP contribution in [0.5, 0.6) is 0 Å². The van der Waals surface area contributed by atoms with E-state index < -0.39 is 0 Å². The van der Waals surface area contributed by atoms with Gasteiger partial charge >= 0.3 is 0 Å². The maximum absolute atomic E-state index is 11.8. The van der Waals surface area contributed by atoms with Gasteiger partial charge < -0.3 is 15.2 Å². The monoisotopic (exact) mass is 273 g/mol. The molecule has 0 saturated carbocycles. The SMILES string of the molecule is CN(C)CCCNC(=O)CCc1c[nH]c2ccccc12. The molecule has 0 fully saturated rings. The molecule has 4 heteroatoms. The fourth-order valence-corrected chi connectivity index (χ4v) is 2.30. The largest absolute Gasteiger partial charge is 0.361 e. The first-order valence-electron chi connectivity index (χ1n) is 7.13. The zero-order valence-corrected chi connectivity index (χ0v) is 12.3. The van der Waals surface area contributed by atoms with Crippen molar-refractivity contribution in [3.05, 3.63) is 36.0 Å². The van der Waals surface area contributed by atoms with Crippen molar-refractivity contribution in [2.45, 2.75) is 19.3 Å². The van der Waals surface area contributed by atoms with Crippen LogP contribution in [-0.4, -0.2) is 43.0 Å². The summed E-state index contributed by atoms with van der Waals surface area (Å²) in [6.45, 7) is 1.76. The molecule has 1 amide bonds. The van der Waals surface area contributed by atoms with Crippen molar-refractivity contribution in [3.8, 4) is 0 Å². The average molecular weight is 273 g/mol. The maximum Gasteiger partial charge on any atom is 0.220 e. The van der Waals surface area contributed by atoms with Gasteiger partial charge in [-0.3, -0.25) is 4.79 Å². The molecule has 1 aromatic heterocycles. The lowest BCUT2D eigenvalue weighted by atomic mass is 10.1. The van der Waals surface area contributed by atoms with Crippen molar-refractivity contribution in [2.24, 2.45) is 0 Å². The number of amides is 1. The molecule has 1 heterocycles. The molecule has 2 rings (SSSR count). The highest BCUT2D eigenvalue weighted by molar-refractivity contribution is 5.84. The molecular formula is C16H23N3O. The van der Waals surface area contributed by atoms with Crippen molar-refractivity contribution >= 4 is 16.8 Å². The Morgan fingerprint density at radius 1 is 1.30 bits per heavy atom. The molecule has 0 aliphatic heterocycles. The highest BCUT2D eigenvalue weighted by atomic mass is 16.1. The van der Waals surface area contributed by atoms with Gasteiger partial charge in [-0.2, -0.15) is 0 Å². The van der Waals surface area contributed by atoms with Crippen LogP contribution in [0.3, 0.4) is 0 Å². The minimum Gasteiger partial charge on any atom is -0.361 e. The van der Waals surface area contributed by atoms with E-state index in [1.165, 1.54) is 10.9 Å². The average Bonchev–Trinajstić information content (AvgIpc) is 2.84. The number of aryl methyl sites for hydroxylation is 1. The standard InChI is InChI=1S/C16H23N3O/c1-19(2)11-5-10-17-16(20)9-8-13-12-18-15-7-4-3-6-14(13)15/h3-4,6-7,12,18H,5,8-11H2,1-2H3,(H,17,20). The van der Waals surface area contributed by atoms with E-state index in [9.17, 15) is 4.79 Å². The molecule has 1 aromatic carbocycles. The van der Waals surface area contributed by atoms with Gasteiger partial charge in [-0.25, -0.2) is 0 Å². The number of aromatic amines is 1. The third kappa shape index (κ3) is 4.10. The highest BCUT2D eigenvalue weighted by Gasteiger charge is 2.06. The number of para-hydroxylation sites is 1. The molecule has 0 unspecified atom stereocenters. The van der Waals surface area contributed by atoms with Gasteiger partial charge in [-0.15, -0.1) is 0 Å². The molecule has 2 N–H and O–H groups in total. The number of H-pyrrole nitrogens is 1. The number of aromatic nitrogens is 1. The zero-order chi connectivity index (χ0) is 14.4. The Labute approximate surface area is 120 Å². The number of carbonyl (C=O) groups is 1. The number of carbonyl (C=O) groups excluding carboxylic acids is 1. The lowest BCUT2D eigenvalue weighted by Crippen LogP contribution is -2.27. The smallest absolute Gasteiger partial charge is 0.220 e. The van der Waals surface area contributed by atoms with E-state index in [0.717, 1.165) is 31.4 Å². The molecule has 0 atom stereocenters. The minimum atomic E-state index is 0.133. The fraction of sp³-hybridized carbons (Fsp3) is 0.438. The summed E-state index contributed by atoms with van der Waals surface area (Å²) in [6.07, 6.45) is 4.32. The van der Waals surface area contributed by atoms with Crippen LogP contribution in [0.25, 0.3) is 10.9 Å². The quantitative estimate of drug-likeness (QED) is 0.760. The summed E-state index contributed by atoms with van der Waals surface area (Å²) in [5.41, 5.74) is 2.35. The lowest BCUT2D eigenvalue weighted by Gasteiger charge is -2.09. The molecule has 2 aromatic rings. The molecule has 108 valence electrons. The second kappa shape index (κ2) is 7.10. The second-order valence-electron chi connectivity index (χ2n) is 5.37. The second-order valence-corrected chi connectivity index (χ2v) is 5.37. The molecule has 20 heavy (non-hydrogen) atoms. The fourth-order valence-electron chi connectivity index (χ4n) is 2.30. The Balaban J connectivity index is 1.76. The topological polar surface area (TPSA) is 48.1 Å². The summed E-state index contributed by atoms with van der Waals surface area (Å²) in [7, 11) is 4.08. The Hall–Kier alpha value is -1.81. The molecule has 0 aliphatic carbocycles. The van der Waals surface area contributed by atoms with Crippen molar-refractivity contribution in [1.82, 2.24) is 15.2 Å². The van der Waals surface area contributed by atoms with Gasteiger partial charge in [0.1, 0.15) is 0 Å². The molecular weight excluding hydrogens is 250 g/mol. The van der Waals surface area contributed by atoms with Gasteiger partial charge in [0.2, 0.25) is 5.91 Å². The molecule has 0 spiro atoms. The van der Waals surface area contributed by atoms with E-state index in [1.54, 1.807) is 0 Å².